The van der Waals surface area contributed by atoms with Gasteiger partial charge >= 0.3 is 6.09 Å². The molecule has 5 unspecified atom stereocenters. The normalized spacial score (nSPS) is 27.8. The number of β-lactam (4-membered cyclic amide) rings is 1. The van der Waals surface area contributed by atoms with Gasteiger partial charge in [-0.05, 0) is 72.8 Å². The summed E-state index contributed by atoms with van der Waals surface area (Å²) in [6.45, 7) is 13.0. The Morgan fingerprint density at radius 1 is 1.11 bits per heavy atom. The van der Waals surface area contributed by atoms with Crippen LogP contribution in [0.15, 0.2) is 30.3 Å². The molecule has 3 amide bonds. The molecule has 8 heteroatoms. The molecule has 0 bridgehead atoms. The molecule has 3 heterocycles. The number of rotatable bonds is 6. The molecule has 5 atom stereocenters. The number of carbonyl (C=O) groups excluding carboxylic acids is 3. The molecule has 0 N–H and O–H groups in total. The average Bonchev–Trinajstić information content (AvgIpc) is 3.49. The molecule has 0 saturated carbocycles. The molecule has 3 aliphatic heterocycles. The molecule has 3 saturated heterocycles. The van der Waals surface area contributed by atoms with Gasteiger partial charge in [-0.25, -0.2) is 4.79 Å². The summed E-state index contributed by atoms with van der Waals surface area (Å²) in [6, 6.07) is 8.63. The quantitative estimate of drug-likeness (QED) is 0.554. The van der Waals surface area contributed by atoms with E-state index in [1.54, 1.807) is 9.80 Å². The van der Waals surface area contributed by atoms with Gasteiger partial charge in [-0.3, -0.25) is 14.5 Å². The molecular weight excluding hydrogens is 458 g/mol. The van der Waals surface area contributed by atoms with Gasteiger partial charge in [0.05, 0.1) is 18.8 Å². The second-order valence-electron chi connectivity index (χ2n) is 11.5. The Hall–Kier alpha value is -2.61. The van der Waals surface area contributed by atoms with Crippen LogP contribution in [-0.2, 0) is 25.7 Å². The zero-order chi connectivity index (χ0) is 26.3. The van der Waals surface area contributed by atoms with E-state index in [0.717, 1.165) is 18.4 Å². The number of benzene rings is 1. The van der Waals surface area contributed by atoms with Crippen LogP contribution in [0, 0.1) is 0 Å². The highest BCUT2D eigenvalue weighted by Crippen LogP contribution is 2.48. The summed E-state index contributed by atoms with van der Waals surface area (Å²) >= 11 is 0. The van der Waals surface area contributed by atoms with E-state index < -0.39 is 29.4 Å². The fourth-order valence-corrected chi connectivity index (χ4v) is 6.02. The minimum absolute atomic E-state index is 0.0713. The minimum Gasteiger partial charge on any atom is -0.444 e. The second-order valence-corrected chi connectivity index (χ2v) is 11.5. The summed E-state index contributed by atoms with van der Waals surface area (Å²) in [5.74, 6) is -0.254. The Morgan fingerprint density at radius 2 is 1.75 bits per heavy atom. The van der Waals surface area contributed by atoms with E-state index in [-0.39, 0.29) is 23.9 Å². The van der Waals surface area contributed by atoms with E-state index in [0.29, 0.717) is 32.5 Å². The van der Waals surface area contributed by atoms with Crippen molar-refractivity contribution in [1.29, 1.82) is 0 Å². The first-order chi connectivity index (χ1) is 17.0. The van der Waals surface area contributed by atoms with Crippen molar-refractivity contribution in [3.63, 3.8) is 0 Å². The van der Waals surface area contributed by atoms with Gasteiger partial charge in [-0.2, -0.15) is 0 Å². The lowest BCUT2D eigenvalue weighted by Crippen LogP contribution is -2.82. The van der Waals surface area contributed by atoms with Crippen LogP contribution in [-0.4, -0.2) is 81.1 Å². The number of nitrogens with zero attached hydrogens (tertiary/aromatic N) is 3. The first-order valence-electron chi connectivity index (χ1n) is 13.3. The lowest BCUT2D eigenvalue weighted by molar-refractivity contribution is -0.188. The second kappa shape index (κ2) is 10.0. The third kappa shape index (κ3) is 4.72. The molecule has 4 rings (SSSR count). The van der Waals surface area contributed by atoms with Crippen LogP contribution < -0.4 is 0 Å². The molecule has 1 spiro atoms. The predicted octanol–water partition coefficient (Wildman–Crippen LogP) is 3.97. The molecule has 1 aromatic carbocycles. The van der Waals surface area contributed by atoms with Gasteiger partial charge in [0, 0.05) is 19.1 Å². The lowest BCUT2D eigenvalue weighted by Gasteiger charge is -2.59. The zero-order valence-corrected chi connectivity index (χ0v) is 22.5. The number of ether oxygens (including phenoxy) is 2. The highest BCUT2D eigenvalue weighted by atomic mass is 16.6. The van der Waals surface area contributed by atoms with Gasteiger partial charge in [0.25, 0.3) is 5.91 Å². The maximum atomic E-state index is 14.0. The molecular formula is C28H41N3O5. The van der Waals surface area contributed by atoms with Crippen molar-refractivity contribution in [1.82, 2.24) is 14.7 Å². The number of likely N-dealkylation sites (tertiary alicyclic amines) is 3. The molecule has 3 fully saturated rings. The Labute approximate surface area is 214 Å². The molecule has 198 valence electrons. The van der Waals surface area contributed by atoms with Crippen LogP contribution in [0.3, 0.4) is 0 Å². The van der Waals surface area contributed by atoms with Crippen LogP contribution in [0.4, 0.5) is 4.79 Å². The molecule has 0 radical (unpaired) electrons. The van der Waals surface area contributed by atoms with E-state index in [9.17, 15) is 14.4 Å². The SMILES string of the molecule is CC(OCc1ccccc1)C(C(=O)N1CCCC1)N1C(=O)C2(CCC(C)N2C(=O)OC(C)(C)C)C1C. The fourth-order valence-electron chi connectivity index (χ4n) is 6.02. The smallest absolute Gasteiger partial charge is 0.411 e. The summed E-state index contributed by atoms with van der Waals surface area (Å²) in [5, 5.41) is 0. The molecule has 3 aliphatic rings. The Morgan fingerprint density at radius 3 is 2.33 bits per heavy atom. The van der Waals surface area contributed by atoms with E-state index in [2.05, 4.69) is 0 Å². The van der Waals surface area contributed by atoms with Crippen LogP contribution >= 0.6 is 0 Å². The van der Waals surface area contributed by atoms with Crippen LogP contribution in [0.1, 0.15) is 72.8 Å². The van der Waals surface area contributed by atoms with E-state index in [1.807, 2.05) is 76.8 Å². The summed E-state index contributed by atoms with van der Waals surface area (Å²) in [4.78, 5) is 46.1. The summed E-state index contributed by atoms with van der Waals surface area (Å²) in [6.07, 6.45) is 2.24. The number of carbonyl (C=O) groups is 3. The third-order valence-corrected chi connectivity index (χ3v) is 7.89. The number of hydrogen-bond acceptors (Lipinski definition) is 5. The van der Waals surface area contributed by atoms with E-state index >= 15 is 0 Å². The molecule has 0 aromatic heterocycles. The first-order valence-corrected chi connectivity index (χ1v) is 13.3. The zero-order valence-electron chi connectivity index (χ0n) is 22.5. The average molecular weight is 500 g/mol. The van der Waals surface area contributed by atoms with Gasteiger partial charge in [0.1, 0.15) is 17.2 Å². The largest absolute Gasteiger partial charge is 0.444 e. The van der Waals surface area contributed by atoms with Gasteiger partial charge in [-0.15, -0.1) is 0 Å². The summed E-state index contributed by atoms with van der Waals surface area (Å²) in [5.41, 5.74) is -0.633. The molecule has 0 aliphatic carbocycles. The molecule has 1 aromatic rings. The van der Waals surface area contributed by atoms with Crippen molar-refractivity contribution in [2.45, 2.75) is 109 Å². The van der Waals surface area contributed by atoms with Crippen LogP contribution in [0.5, 0.6) is 0 Å². The van der Waals surface area contributed by atoms with Crippen LogP contribution in [0.25, 0.3) is 0 Å². The van der Waals surface area contributed by atoms with Crippen LogP contribution in [0.2, 0.25) is 0 Å². The summed E-state index contributed by atoms with van der Waals surface area (Å²) in [7, 11) is 0. The van der Waals surface area contributed by atoms with Crippen molar-refractivity contribution in [2.24, 2.45) is 0 Å². The predicted molar refractivity (Wildman–Crippen MR) is 136 cm³/mol. The standard InChI is InChI=1S/C28H41N3O5/c1-19-14-15-28(31(19)26(34)36-27(4,5)6)21(3)30(25(28)33)23(24(32)29-16-10-11-17-29)20(2)35-18-22-12-8-7-9-13-22/h7-9,12-13,19-21,23H,10-11,14-18H2,1-6H3. The molecule has 36 heavy (non-hydrogen) atoms. The monoisotopic (exact) mass is 499 g/mol. The van der Waals surface area contributed by atoms with Gasteiger partial charge in [0.15, 0.2) is 0 Å². The Bertz CT molecular complexity index is 971. The maximum Gasteiger partial charge on any atom is 0.411 e. The highest BCUT2D eigenvalue weighted by Gasteiger charge is 2.69. The van der Waals surface area contributed by atoms with E-state index in [4.69, 9.17) is 9.47 Å². The van der Waals surface area contributed by atoms with Gasteiger partial charge in [0.2, 0.25) is 5.91 Å². The maximum absolute atomic E-state index is 14.0. The summed E-state index contributed by atoms with van der Waals surface area (Å²) < 4.78 is 11.9. The highest BCUT2D eigenvalue weighted by molar-refractivity contribution is 6.01. The van der Waals surface area contributed by atoms with Crippen molar-refractivity contribution >= 4 is 17.9 Å². The van der Waals surface area contributed by atoms with Crippen molar-refractivity contribution < 1.29 is 23.9 Å². The van der Waals surface area contributed by atoms with Crippen molar-refractivity contribution in [2.75, 3.05) is 13.1 Å². The minimum atomic E-state index is -0.982. The van der Waals surface area contributed by atoms with Crippen molar-refractivity contribution in [3.05, 3.63) is 35.9 Å². The van der Waals surface area contributed by atoms with Gasteiger partial charge in [-0.1, -0.05) is 30.3 Å². The van der Waals surface area contributed by atoms with E-state index in [1.165, 1.54) is 0 Å². The fraction of sp³-hybridized carbons (Fsp3) is 0.679. The van der Waals surface area contributed by atoms with Gasteiger partial charge < -0.3 is 19.3 Å². The van der Waals surface area contributed by atoms with Crippen molar-refractivity contribution in [3.8, 4) is 0 Å². The first kappa shape index (κ1) is 26.5. The third-order valence-electron chi connectivity index (χ3n) is 7.89. The number of amides is 3. The number of hydrogen-bond donors (Lipinski definition) is 0. The Balaban J connectivity index is 1.58. The topological polar surface area (TPSA) is 79.4 Å². The Kier molecular flexibility index (Phi) is 7.37. The molecule has 8 nitrogen and oxygen atoms in total. The lowest BCUT2D eigenvalue weighted by atomic mass is 9.75.